The number of hydrogen-bond acceptors (Lipinski definition) is 5. The van der Waals surface area contributed by atoms with Crippen LogP contribution >= 0.6 is 0 Å². The number of nitrogens with one attached hydrogen (secondary N) is 1. The predicted molar refractivity (Wildman–Crippen MR) is 93.8 cm³/mol. The van der Waals surface area contributed by atoms with Crippen LogP contribution in [0.3, 0.4) is 0 Å². The maximum Gasteiger partial charge on any atom is 0.253 e. The molecule has 138 valence electrons. The topological polar surface area (TPSA) is 116 Å². The minimum Gasteiger partial charge on any atom is -0.486 e. The highest BCUT2D eigenvalue weighted by molar-refractivity contribution is 5.96. The van der Waals surface area contributed by atoms with Gasteiger partial charge in [0.2, 0.25) is 5.91 Å². The predicted octanol–water partition coefficient (Wildman–Crippen LogP) is 0.441. The van der Waals surface area contributed by atoms with Crippen molar-refractivity contribution < 1.29 is 24.2 Å². The van der Waals surface area contributed by atoms with E-state index in [1.807, 2.05) is 36.6 Å². The molecule has 1 atom stereocenters. The number of aryl methyl sites for hydroxylation is 1. The molecule has 0 saturated heterocycles. The number of aromatic nitrogens is 1. The third kappa shape index (κ3) is 3.36. The number of benzene rings is 1. The first kappa shape index (κ1) is 17.8. The van der Waals surface area contributed by atoms with Crippen LogP contribution in [-0.4, -0.2) is 47.4 Å². The molecule has 1 aromatic carbocycles. The molecule has 2 aromatic rings. The van der Waals surface area contributed by atoms with Crippen molar-refractivity contribution in [3.63, 3.8) is 0 Å². The molecule has 26 heavy (non-hydrogen) atoms. The van der Waals surface area contributed by atoms with Crippen LogP contribution in [0.5, 0.6) is 11.5 Å². The number of nitrogens with two attached hydrogens (primary N) is 1. The van der Waals surface area contributed by atoms with E-state index < -0.39 is 12.0 Å². The normalized spacial score (nSPS) is 14.0. The van der Waals surface area contributed by atoms with Crippen molar-refractivity contribution in [2.24, 2.45) is 5.73 Å². The fourth-order valence-corrected chi connectivity index (χ4v) is 2.95. The van der Waals surface area contributed by atoms with Crippen molar-refractivity contribution in [2.75, 3.05) is 19.8 Å². The highest BCUT2D eigenvalue weighted by atomic mass is 16.6. The lowest BCUT2D eigenvalue weighted by atomic mass is 10.2. The molecule has 8 heteroatoms. The van der Waals surface area contributed by atoms with E-state index in [0.717, 1.165) is 17.1 Å². The number of fused-ring (bicyclic) bond motifs is 1. The number of aliphatic hydroxyl groups excluding tert-OH is 1. The monoisotopic (exact) mass is 359 g/mol. The van der Waals surface area contributed by atoms with Crippen molar-refractivity contribution in [1.82, 2.24) is 9.88 Å². The highest BCUT2D eigenvalue weighted by Crippen LogP contribution is 2.33. The summed E-state index contributed by atoms with van der Waals surface area (Å²) in [4.78, 5) is 23.3. The van der Waals surface area contributed by atoms with Crippen molar-refractivity contribution in [3.8, 4) is 17.2 Å². The zero-order valence-electron chi connectivity index (χ0n) is 14.6. The summed E-state index contributed by atoms with van der Waals surface area (Å²) >= 11 is 0. The molecule has 0 fully saturated rings. The molecule has 0 radical (unpaired) electrons. The fraction of sp³-hybridized carbons (Fsp3) is 0.333. The zero-order chi connectivity index (χ0) is 18.8. The van der Waals surface area contributed by atoms with Crippen LogP contribution in [0.15, 0.2) is 24.3 Å². The minimum atomic E-state index is -1.42. The van der Waals surface area contributed by atoms with Gasteiger partial charge < -0.3 is 30.2 Å². The summed E-state index contributed by atoms with van der Waals surface area (Å²) < 4.78 is 13.1. The van der Waals surface area contributed by atoms with Gasteiger partial charge in [0.1, 0.15) is 19.3 Å². The summed E-state index contributed by atoms with van der Waals surface area (Å²) in [6.45, 7) is 4.50. The van der Waals surface area contributed by atoms with Crippen LogP contribution in [0.4, 0.5) is 0 Å². The van der Waals surface area contributed by atoms with Gasteiger partial charge in [-0.15, -0.1) is 0 Å². The van der Waals surface area contributed by atoms with Crippen LogP contribution in [-0.2, 0) is 4.79 Å². The summed E-state index contributed by atoms with van der Waals surface area (Å²) in [5, 5.41) is 11.9. The Morgan fingerprint density at radius 1 is 1.23 bits per heavy atom. The second-order valence-corrected chi connectivity index (χ2v) is 6.08. The second-order valence-electron chi connectivity index (χ2n) is 6.08. The SMILES string of the molecule is Cc1cc(C(=O)NCC(O)C(N)=O)c(C)n1-c1ccc2c(c1)OCCO2. The molecule has 4 N–H and O–H groups in total. The average Bonchev–Trinajstić information content (AvgIpc) is 2.93. The van der Waals surface area contributed by atoms with E-state index in [-0.39, 0.29) is 12.5 Å². The Kier molecular flexibility index (Phi) is 4.85. The number of aliphatic hydroxyl groups is 1. The molecule has 0 bridgehead atoms. The van der Waals surface area contributed by atoms with E-state index in [9.17, 15) is 14.7 Å². The molecule has 2 amide bonds. The molecular weight excluding hydrogens is 338 g/mol. The molecule has 3 rings (SSSR count). The van der Waals surface area contributed by atoms with E-state index in [1.54, 1.807) is 6.07 Å². The van der Waals surface area contributed by atoms with Gasteiger partial charge in [-0.3, -0.25) is 9.59 Å². The Morgan fingerprint density at radius 3 is 2.62 bits per heavy atom. The summed E-state index contributed by atoms with van der Waals surface area (Å²) in [6.07, 6.45) is -1.42. The Morgan fingerprint density at radius 2 is 1.92 bits per heavy atom. The van der Waals surface area contributed by atoms with Crippen molar-refractivity contribution in [1.29, 1.82) is 0 Å². The van der Waals surface area contributed by atoms with Crippen molar-refractivity contribution >= 4 is 11.8 Å². The Hall–Kier alpha value is -3.00. The maximum absolute atomic E-state index is 12.4. The summed E-state index contributed by atoms with van der Waals surface area (Å²) in [6, 6.07) is 7.35. The Bertz CT molecular complexity index is 859. The molecule has 1 unspecified atom stereocenters. The molecule has 1 aromatic heterocycles. The largest absolute Gasteiger partial charge is 0.486 e. The van der Waals surface area contributed by atoms with Gasteiger partial charge in [-0.1, -0.05) is 0 Å². The number of carbonyl (C=O) groups excluding carboxylic acids is 2. The van der Waals surface area contributed by atoms with Gasteiger partial charge in [0.25, 0.3) is 5.91 Å². The zero-order valence-corrected chi connectivity index (χ0v) is 14.6. The van der Waals surface area contributed by atoms with Gasteiger partial charge in [-0.2, -0.15) is 0 Å². The van der Waals surface area contributed by atoms with Gasteiger partial charge in [-0.25, -0.2) is 0 Å². The van der Waals surface area contributed by atoms with E-state index in [0.29, 0.717) is 30.3 Å². The number of rotatable bonds is 5. The van der Waals surface area contributed by atoms with Crippen molar-refractivity contribution in [2.45, 2.75) is 20.0 Å². The number of hydrogen-bond donors (Lipinski definition) is 3. The van der Waals surface area contributed by atoms with E-state index in [1.165, 1.54) is 0 Å². The van der Waals surface area contributed by atoms with Gasteiger partial charge in [0.05, 0.1) is 12.1 Å². The molecule has 8 nitrogen and oxygen atoms in total. The van der Waals surface area contributed by atoms with Gasteiger partial charge in [0.15, 0.2) is 11.5 Å². The molecule has 0 spiro atoms. The highest BCUT2D eigenvalue weighted by Gasteiger charge is 2.20. The molecule has 0 saturated carbocycles. The van der Waals surface area contributed by atoms with Gasteiger partial charge in [-0.05, 0) is 32.0 Å². The number of nitrogens with zero attached hydrogens (tertiary/aromatic N) is 1. The Labute approximate surface area is 150 Å². The fourth-order valence-electron chi connectivity index (χ4n) is 2.95. The second kappa shape index (κ2) is 7.09. The standard InChI is InChI=1S/C18H21N3O5/c1-10-7-13(18(24)20-9-14(22)17(19)23)11(2)21(10)12-3-4-15-16(8-12)26-6-5-25-15/h3-4,7-8,14,22H,5-6,9H2,1-2H3,(H2,19,23)(H,20,24). The number of primary amides is 1. The third-order valence-electron chi connectivity index (χ3n) is 4.24. The molecule has 0 aliphatic carbocycles. The first-order valence-corrected chi connectivity index (χ1v) is 8.23. The lowest BCUT2D eigenvalue weighted by Crippen LogP contribution is -2.40. The quantitative estimate of drug-likeness (QED) is 0.716. The Balaban J connectivity index is 1.86. The van der Waals surface area contributed by atoms with E-state index in [2.05, 4.69) is 5.32 Å². The van der Waals surface area contributed by atoms with Gasteiger partial charge in [0, 0.05) is 23.1 Å². The van der Waals surface area contributed by atoms with E-state index >= 15 is 0 Å². The number of carbonyl (C=O) groups is 2. The molecular formula is C18H21N3O5. The maximum atomic E-state index is 12.4. The van der Waals surface area contributed by atoms with Crippen LogP contribution in [0, 0.1) is 13.8 Å². The lowest BCUT2D eigenvalue weighted by molar-refractivity contribution is -0.125. The lowest BCUT2D eigenvalue weighted by Gasteiger charge is -2.20. The average molecular weight is 359 g/mol. The smallest absolute Gasteiger partial charge is 0.253 e. The van der Waals surface area contributed by atoms with Crippen LogP contribution in [0.2, 0.25) is 0 Å². The van der Waals surface area contributed by atoms with Crippen LogP contribution < -0.4 is 20.5 Å². The summed E-state index contributed by atoms with van der Waals surface area (Å²) in [5.74, 6) is 0.0898. The third-order valence-corrected chi connectivity index (χ3v) is 4.24. The van der Waals surface area contributed by atoms with Gasteiger partial charge >= 0.3 is 0 Å². The molecule has 2 heterocycles. The first-order valence-electron chi connectivity index (χ1n) is 8.23. The summed E-state index contributed by atoms with van der Waals surface area (Å²) in [7, 11) is 0. The number of amides is 2. The van der Waals surface area contributed by atoms with Crippen LogP contribution in [0.25, 0.3) is 5.69 Å². The summed E-state index contributed by atoms with van der Waals surface area (Å²) in [5.41, 5.74) is 7.87. The molecule has 1 aliphatic heterocycles. The molecule has 1 aliphatic rings. The van der Waals surface area contributed by atoms with E-state index in [4.69, 9.17) is 15.2 Å². The van der Waals surface area contributed by atoms with Crippen molar-refractivity contribution in [3.05, 3.63) is 41.2 Å². The van der Waals surface area contributed by atoms with Crippen LogP contribution in [0.1, 0.15) is 21.7 Å². The minimum absolute atomic E-state index is 0.234. The first-order chi connectivity index (χ1) is 12.4. The number of ether oxygens (including phenoxy) is 2.